The van der Waals surface area contributed by atoms with Crippen molar-refractivity contribution in [2.45, 2.75) is 19.9 Å². The zero-order valence-electron chi connectivity index (χ0n) is 11.4. The van der Waals surface area contributed by atoms with Gasteiger partial charge in [-0.3, -0.25) is 0 Å². The van der Waals surface area contributed by atoms with E-state index in [0.717, 1.165) is 20.0 Å². The van der Waals surface area contributed by atoms with E-state index in [0.29, 0.717) is 0 Å². The molecule has 0 fully saturated rings. The minimum Gasteiger partial charge on any atom is -0.306 e. The molecule has 1 unspecified atom stereocenters. The number of aryl methyl sites for hydroxylation is 1. The first-order valence-corrected chi connectivity index (χ1v) is 8.85. The molecule has 0 spiro atoms. The van der Waals surface area contributed by atoms with E-state index < -0.39 is 0 Å². The fourth-order valence-corrected chi connectivity index (χ4v) is 3.46. The maximum Gasteiger partial charge on any atom is 0.0588 e. The van der Waals surface area contributed by atoms with Gasteiger partial charge in [-0.15, -0.1) is 0 Å². The average molecular weight is 462 g/mol. The van der Waals surface area contributed by atoms with Gasteiger partial charge in [0.2, 0.25) is 0 Å². The third kappa shape index (κ3) is 3.73. The summed E-state index contributed by atoms with van der Waals surface area (Å²) in [5, 5.41) is 3.56. The number of nitrogens with one attached hydrogen (secondary N) is 1. The molecule has 2 aromatic rings. The van der Waals surface area contributed by atoms with Gasteiger partial charge in [0, 0.05) is 13.4 Å². The predicted molar refractivity (Wildman–Crippen MR) is 96.2 cm³/mol. The molecule has 0 saturated heterocycles. The number of hydrogen-bond donors (Lipinski definition) is 1. The molecule has 0 saturated carbocycles. The Bertz CT molecular complexity index is 593. The molecule has 106 valence electrons. The highest BCUT2D eigenvalue weighted by atomic mass is 79.9. The van der Waals surface area contributed by atoms with Gasteiger partial charge < -0.3 is 5.32 Å². The minimum absolute atomic E-state index is 0.180. The normalized spacial score (nSPS) is 12.4. The van der Waals surface area contributed by atoms with Crippen LogP contribution in [0.4, 0.5) is 0 Å². The van der Waals surface area contributed by atoms with Crippen molar-refractivity contribution in [2.75, 3.05) is 6.54 Å². The lowest BCUT2D eigenvalue weighted by atomic mass is 9.98. The Kier molecular flexibility index (Phi) is 5.84. The van der Waals surface area contributed by atoms with E-state index in [9.17, 15) is 0 Å². The molecular weight excluding hydrogens is 446 g/mol. The van der Waals surface area contributed by atoms with E-state index in [-0.39, 0.29) is 6.04 Å². The number of rotatable bonds is 4. The van der Waals surface area contributed by atoms with Crippen molar-refractivity contribution < 1.29 is 0 Å². The highest BCUT2D eigenvalue weighted by Gasteiger charge is 2.17. The van der Waals surface area contributed by atoms with Crippen molar-refractivity contribution in [3.63, 3.8) is 0 Å². The van der Waals surface area contributed by atoms with Crippen molar-refractivity contribution in [1.29, 1.82) is 0 Å². The second kappa shape index (κ2) is 7.21. The topological polar surface area (TPSA) is 12.0 Å². The van der Waals surface area contributed by atoms with Crippen LogP contribution in [-0.2, 0) is 0 Å². The van der Waals surface area contributed by atoms with Crippen molar-refractivity contribution in [1.82, 2.24) is 5.32 Å². The standard InChI is InChI=1S/C16H16Br3N/c1-3-20-16(11-4-6-12(17)7-5-11)13-9-14(18)10(2)8-15(13)19/h4-9,16,20H,3H2,1-2H3. The van der Waals surface area contributed by atoms with Gasteiger partial charge in [-0.25, -0.2) is 0 Å². The highest BCUT2D eigenvalue weighted by Crippen LogP contribution is 2.33. The van der Waals surface area contributed by atoms with Crippen LogP contribution in [0.1, 0.15) is 29.7 Å². The molecule has 1 atom stereocenters. The minimum atomic E-state index is 0.180. The summed E-state index contributed by atoms with van der Waals surface area (Å²) in [4.78, 5) is 0. The molecule has 2 aromatic carbocycles. The van der Waals surface area contributed by atoms with E-state index >= 15 is 0 Å². The van der Waals surface area contributed by atoms with E-state index in [1.165, 1.54) is 16.7 Å². The van der Waals surface area contributed by atoms with Gasteiger partial charge in [0.15, 0.2) is 0 Å². The Labute approximate surface area is 145 Å². The molecule has 0 radical (unpaired) electrons. The zero-order chi connectivity index (χ0) is 14.7. The van der Waals surface area contributed by atoms with Crippen LogP contribution in [0.15, 0.2) is 49.8 Å². The predicted octanol–water partition coefficient (Wildman–Crippen LogP) is 5.98. The maximum absolute atomic E-state index is 3.69. The fraction of sp³-hybridized carbons (Fsp3) is 0.250. The second-order valence-electron chi connectivity index (χ2n) is 4.67. The van der Waals surface area contributed by atoms with Crippen LogP contribution in [0.25, 0.3) is 0 Å². The first-order valence-electron chi connectivity index (χ1n) is 6.47. The first kappa shape index (κ1) is 16.2. The summed E-state index contributed by atoms with van der Waals surface area (Å²) >= 11 is 10.8. The molecule has 0 aliphatic carbocycles. The number of hydrogen-bond acceptors (Lipinski definition) is 1. The first-order chi connectivity index (χ1) is 9.52. The molecule has 2 rings (SSSR count). The lowest BCUT2D eigenvalue weighted by molar-refractivity contribution is 0.628. The van der Waals surface area contributed by atoms with Gasteiger partial charge in [-0.2, -0.15) is 0 Å². The summed E-state index contributed by atoms with van der Waals surface area (Å²) in [5.41, 5.74) is 3.73. The molecule has 1 nitrogen and oxygen atoms in total. The Morgan fingerprint density at radius 2 is 1.65 bits per heavy atom. The molecule has 0 heterocycles. The van der Waals surface area contributed by atoms with Crippen molar-refractivity contribution in [3.8, 4) is 0 Å². The quantitative estimate of drug-likeness (QED) is 0.590. The van der Waals surface area contributed by atoms with E-state index in [4.69, 9.17) is 0 Å². The molecule has 0 aliphatic heterocycles. The van der Waals surface area contributed by atoms with Gasteiger partial charge in [0.05, 0.1) is 6.04 Å². The Balaban J connectivity index is 2.48. The van der Waals surface area contributed by atoms with Crippen LogP contribution in [-0.4, -0.2) is 6.54 Å². The summed E-state index contributed by atoms with van der Waals surface area (Å²) in [7, 11) is 0. The van der Waals surface area contributed by atoms with Crippen LogP contribution in [0, 0.1) is 6.92 Å². The van der Waals surface area contributed by atoms with E-state index in [1.807, 2.05) is 0 Å². The molecule has 0 amide bonds. The number of halogens is 3. The Morgan fingerprint density at radius 3 is 2.25 bits per heavy atom. The van der Waals surface area contributed by atoms with E-state index in [2.05, 4.69) is 103 Å². The third-order valence-electron chi connectivity index (χ3n) is 3.20. The fourth-order valence-electron chi connectivity index (χ4n) is 2.15. The van der Waals surface area contributed by atoms with E-state index in [1.54, 1.807) is 0 Å². The average Bonchev–Trinajstić information content (AvgIpc) is 2.42. The molecule has 0 aromatic heterocycles. The lowest BCUT2D eigenvalue weighted by Gasteiger charge is -2.21. The maximum atomic E-state index is 3.69. The lowest BCUT2D eigenvalue weighted by Crippen LogP contribution is -2.22. The van der Waals surface area contributed by atoms with Crippen molar-refractivity contribution >= 4 is 47.8 Å². The molecule has 1 N–H and O–H groups in total. The summed E-state index contributed by atoms with van der Waals surface area (Å²) in [5.74, 6) is 0. The molecule has 4 heteroatoms. The zero-order valence-corrected chi connectivity index (χ0v) is 16.1. The summed E-state index contributed by atoms with van der Waals surface area (Å²) in [6.07, 6.45) is 0. The SMILES string of the molecule is CCNC(c1ccc(Br)cc1)c1cc(Br)c(C)cc1Br. The summed E-state index contributed by atoms with van der Waals surface area (Å²) in [6.45, 7) is 5.14. The van der Waals surface area contributed by atoms with Crippen LogP contribution in [0.5, 0.6) is 0 Å². The van der Waals surface area contributed by atoms with Crippen LogP contribution in [0.2, 0.25) is 0 Å². The monoisotopic (exact) mass is 459 g/mol. The molecule has 0 bridgehead atoms. The molecule has 0 aliphatic rings. The molecular formula is C16H16Br3N. The molecule has 20 heavy (non-hydrogen) atoms. The Morgan fingerprint density at radius 1 is 1.00 bits per heavy atom. The number of benzene rings is 2. The van der Waals surface area contributed by atoms with Gasteiger partial charge in [0.1, 0.15) is 0 Å². The van der Waals surface area contributed by atoms with Gasteiger partial charge in [-0.1, -0.05) is 66.8 Å². The van der Waals surface area contributed by atoms with Gasteiger partial charge in [0.25, 0.3) is 0 Å². The summed E-state index contributed by atoms with van der Waals surface area (Å²) in [6, 6.07) is 13.0. The third-order valence-corrected chi connectivity index (χ3v) is 5.27. The van der Waals surface area contributed by atoms with Crippen molar-refractivity contribution in [2.24, 2.45) is 0 Å². The highest BCUT2D eigenvalue weighted by molar-refractivity contribution is 9.11. The second-order valence-corrected chi connectivity index (χ2v) is 7.29. The van der Waals surface area contributed by atoms with Crippen LogP contribution >= 0.6 is 47.8 Å². The van der Waals surface area contributed by atoms with Crippen molar-refractivity contribution in [3.05, 3.63) is 66.5 Å². The van der Waals surface area contributed by atoms with Gasteiger partial charge in [-0.05, 0) is 54.4 Å². The smallest absolute Gasteiger partial charge is 0.0588 e. The van der Waals surface area contributed by atoms with Crippen LogP contribution < -0.4 is 5.32 Å². The van der Waals surface area contributed by atoms with Gasteiger partial charge >= 0.3 is 0 Å². The Hall–Kier alpha value is -0.160. The summed E-state index contributed by atoms with van der Waals surface area (Å²) < 4.78 is 3.36. The largest absolute Gasteiger partial charge is 0.306 e. The van der Waals surface area contributed by atoms with Crippen LogP contribution in [0.3, 0.4) is 0 Å².